The highest BCUT2D eigenvalue weighted by molar-refractivity contribution is 7.99. The maximum atomic E-state index is 15.1. The summed E-state index contributed by atoms with van der Waals surface area (Å²) in [5.41, 5.74) is 1.55. The fraction of sp³-hybridized carbons (Fsp3) is 0.552. The lowest BCUT2D eigenvalue weighted by molar-refractivity contribution is -0.385. The minimum Gasteiger partial charge on any atom is -0.358 e. The minimum absolute atomic E-state index is 0.0246. The molecule has 2 saturated heterocycles. The molecule has 2 atom stereocenters. The molecule has 13 heteroatoms. The van der Waals surface area contributed by atoms with Crippen molar-refractivity contribution in [1.82, 2.24) is 9.80 Å². The molecule has 0 spiro atoms. The van der Waals surface area contributed by atoms with Gasteiger partial charge in [0.15, 0.2) is 5.78 Å². The summed E-state index contributed by atoms with van der Waals surface area (Å²) in [6.45, 7) is 6.09. The molecule has 0 saturated carbocycles. The largest absolute Gasteiger partial charge is 0.358 e. The lowest BCUT2D eigenvalue weighted by Crippen LogP contribution is -2.59. The van der Waals surface area contributed by atoms with E-state index in [-0.39, 0.29) is 27.0 Å². The molecule has 0 aromatic heterocycles. The van der Waals surface area contributed by atoms with Crippen LogP contribution in [0.3, 0.4) is 0 Å². The molecule has 0 bridgehead atoms. The van der Waals surface area contributed by atoms with Crippen LogP contribution in [0.1, 0.15) is 25.7 Å². The molecular formula is C29H36N6O5S2. The molecule has 2 fully saturated rings. The number of nitro benzene ring substituents is 2. The standard InChI is InChI=1S/C29H36N6O5S2/c36-29(25(19-30-9-1-2-10-30)32-13-15-41-27-7-5-21(34(37)38)17-23(27)32)26(20-31-11-3-4-12-31)33-14-16-42-28-8-6-22(35(39)40)18-24(28)33/h5-8,17-18,25-26H,1-4,9-16,19-20H2. The first-order chi connectivity index (χ1) is 20.4. The van der Waals surface area contributed by atoms with Crippen LogP contribution in [0.2, 0.25) is 0 Å². The van der Waals surface area contributed by atoms with E-state index in [1.54, 1.807) is 47.8 Å². The Hall–Kier alpha value is -2.87. The number of fused-ring (bicyclic) bond motifs is 2. The number of hydrogen-bond donors (Lipinski definition) is 0. The van der Waals surface area contributed by atoms with Crippen LogP contribution in [0.4, 0.5) is 22.7 Å². The maximum Gasteiger partial charge on any atom is 0.271 e. The molecule has 6 rings (SSSR count). The topological polar surface area (TPSA) is 116 Å². The number of anilines is 2. The minimum atomic E-state index is -0.492. The second-order valence-electron chi connectivity index (χ2n) is 11.4. The van der Waals surface area contributed by atoms with Gasteiger partial charge in [0, 0.05) is 71.7 Å². The predicted octanol–water partition coefficient (Wildman–Crippen LogP) is 4.53. The summed E-state index contributed by atoms with van der Waals surface area (Å²) in [7, 11) is 0. The van der Waals surface area contributed by atoms with Crippen molar-refractivity contribution in [2.75, 3.05) is 73.7 Å². The van der Waals surface area contributed by atoms with Gasteiger partial charge >= 0.3 is 0 Å². The molecule has 4 aliphatic heterocycles. The Bertz CT molecular complexity index is 1250. The van der Waals surface area contributed by atoms with E-state index < -0.39 is 12.1 Å². The van der Waals surface area contributed by atoms with E-state index in [2.05, 4.69) is 19.6 Å². The molecule has 0 N–H and O–H groups in total. The number of non-ortho nitro benzene ring substituents is 2. The Balaban J connectivity index is 1.41. The van der Waals surface area contributed by atoms with Crippen LogP contribution < -0.4 is 9.80 Å². The van der Waals surface area contributed by atoms with Gasteiger partial charge in [-0.05, 0) is 64.0 Å². The first kappa shape index (κ1) is 29.2. The third-order valence-electron chi connectivity index (χ3n) is 8.77. The van der Waals surface area contributed by atoms with Crippen molar-refractivity contribution in [2.45, 2.75) is 47.6 Å². The van der Waals surface area contributed by atoms with Crippen molar-refractivity contribution in [1.29, 1.82) is 0 Å². The van der Waals surface area contributed by atoms with Gasteiger partial charge < -0.3 is 19.6 Å². The average molecular weight is 613 g/mol. The number of nitro groups is 2. The number of hydrogen-bond acceptors (Lipinski definition) is 11. The number of Topliss-reactive ketones (excluding diaryl/α,β-unsaturated/α-hetero) is 1. The lowest BCUT2D eigenvalue weighted by Gasteiger charge is -2.43. The van der Waals surface area contributed by atoms with E-state index in [0.29, 0.717) is 26.2 Å². The van der Waals surface area contributed by atoms with Gasteiger partial charge in [-0.25, -0.2) is 0 Å². The third-order valence-corrected chi connectivity index (χ3v) is 10.9. The Morgan fingerprint density at radius 1 is 0.690 bits per heavy atom. The molecule has 4 heterocycles. The summed E-state index contributed by atoms with van der Waals surface area (Å²) < 4.78 is 0. The van der Waals surface area contributed by atoms with Gasteiger partial charge in [0.2, 0.25) is 0 Å². The molecule has 2 aromatic rings. The first-order valence-electron chi connectivity index (χ1n) is 14.7. The Labute approximate surface area is 253 Å². The summed E-state index contributed by atoms with van der Waals surface area (Å²) in [5.74, 6) is 1.67. The van der Waals surface area contributed by atoms with Crippen LogP contribution in [-0.2, 0) is 4.79 Å². The smallest absolute Gasteiger partial charge is 0.271 e. The second kappa shape index (κ2) is 12.8. The van der Waals surface area contributed by atoms with Crippen LogP contribution in [0.25, 0.3) is 0 Å². The predicted molar refractivity (Wildman–Crippen MR) is 166 cm³/mol. The van der Waals surface area contributed by atoms with Crippen LogP contribution in [0, 0.1) is 20.2 Å². The van der Waals surface area contributed by atoms with Gasteiger partial charge in [0.1, 0.15) is 12.1 Å². The lowest BCUT2D eigenvalue weighted by atomic mass is 9.98. The zero-order valence-corrected chi connectivity index (χ0v) is 25.2. The van der Waals surface area contributed by atoms with Gasteiger partial charge in [-0.15, -0.1) is 23.5 Å². The van der Waals surface area contributed by atoms with Crippen molar-refractivity contribution in [3.63, 3.8) is 0 Å². The number of rotatable bonds is 10. The average Bonchev–Trinajstić information content (AvgIpc) is 3.72. The van der Waals surface area contributed by atoms with Crippen molar-refractivity contribution in [2.24, 2.45) is 0 Å². The number of thioether (sulfide) groups is 2. The monoisotopic (exact) mass is 612 g/mol. The van der Waals surface area contributed by atoms with Crippen LogP contribution in [0.5, 0.6) is 0 Å². The third kappa shape index (κ3) is 6.10. The molecule has 2 unspecified atom stereocenters. The molecule has 11 nitrogen and oxygen atoms in total. The number of nitrogens with zero attached hydrogens (tertiary/aromatic N) is 6. The fourth-order valence-electron chi connectivity index (χ4n) is 6.65. The van der Waals surface area contributed by atoms with Crippen LogP contribution in [0.15, 0.2) is 46.2 Å². The van der Waals surface area contributed by atoms with E-state index in [0.717, 1.165) is 84.5 Å². The number of benzene rings is 2. The Morgan fingerprint density at radius 3 is 1.48 bits per heavy atom. The summed E-state index contributed by atoms with van der Waals surface area (Å²) >= 11 is 3.34. The SMILES string of the molecule is O=C(C(CN1CCCC1)N1CCSc2ccc([N+](=O)[O-])cc21)C(CN1CCCC1)N1CCSc2ccc([N+](=O)[O-])cc21. The van der Waals surface area contributed by atoms with Crippen molar-refractivity contribution in [3.8, 4) is 0 Å². The molecule has 224 valence electrons. The fourth-order valence-corrected chi connectivity index (χ4v) is 8.65. The maximum absolute atomic E-state index is 15.1. The quantitative estimate of drug-likeness (QED) is 0.278. The zero-order valence-electron chi connectivity index (χ0n) is 23.6. The Morgan fingerprint density at radius 2 is 1.10 bits per heavy atom. The summed E-state index contributed by atoms with van der Waals surface area (Å²) in [6, 6.07) is 8.95. The van der Waals surface area contributed by atoms with Gasteiger partial charge in [-0.1, -0.05) is 0 Å². The van der Waals surface area contributed by atoms with Crippen LogP contribution >= 0.6 is 23.5 Å². The number of carbonyl (C=O) groups is 1. The summed E-state index contributed by atoms with van der Waals surface area (Å²) in [6.07, 6.45) is 4.37. The highest BCUT2D eigenvalue weighted by atomic mass is 32.2. The van der Waals surface area contributed by atoms with Gasteiger partial charge in [0.25, 0.3) is 11.4 Å². The highest BCUT2D eigenvalue weighted by Gasteiger charge is 2.41. The van der Waals surface area contributed by atoms with Gasteiger partial charge in [-0.3, -0.25) is 25.0 Å². The molecular weight excluding hydrogens is 576 g/mol. The second-order valence-corrected chi connectivity index (χ2v) is 13.6. The van der Waals surface area contributed by atoms with Crippen molar-refractivity contribution >= 4 is 52.1 Å². The highest BCUT2D eigenvalue weighted by Crippen LogP contribution is 2.41. The molecule has 0 radical (unpaired) electrons. The van der Waals surface area contributed by atoms with E-state index in [1.807, 2.05) is 0 Å². The van der Waals surface area contributed by atoms with E-state index in [4.69, 9.17) is 0 Å². The number of carbonyl (C=O) groups excluding carboxylic acids is 1. The molecule has 0 aliphatic carbocycles. The van der Waals surface area contributed by atoms with Gasteiger partial charge in [0.05, 0.1) is 21.2 Å². The van der Waals surface area contributed by atoms with E-state index in [1.165, 1.54) is 12.1 Å². The summed E-state index contributed by atoms with van der Waals surface area (Å²) in [4.78, 5) is 48.6. The van der Waals surface area contributed by atoms with E-state index in [9.17, 15) is 20.2 Å². The normalized spacial score (nSPS) is 20.7. The number of ketones is 1. The van der Waals surface area contributed by atoms with Crippen LogP contribution in [-0.4, -0.2) is 101 Å². The molecule has 42 heavy (non-hydrogen) atoms. The first-order valence-corrected chi connectivity index (χ1v) is 16.7. The zero-order chi connectivity index (χ0) is 29.2. The van der Waals surface area contributed by atoms with Crippen molar-refractivity contribution in [3.05, 3.63) is 56.6 Å². The van der Waals surface area contributed by atoms with E-state index >= 15 is 4.79 Å². The van der Waals surface area contributed by atoms with Crippen molar-refractivity contribution < 1.29 is 14.6 Å². The summed E-state index contributed by atoms with van der Waals surface area (Å²) in [5, 5.41) is 23.4. The Kier molecular flexibility index (Phi) is 8.89. The molecule has 4 aliphatic rings. The van der Waals surface area contributed by atoms with Gasteiger partial charge in [-0.2, -0.15) is 0 Å². The number of likely N-dealkylation sites (tertiary alicyclic amines) is 2. The molecule has 0 amide bonds. The molecule has 2 aromatic carbocycles.